The smallest absolute Gasteiger partial charge is 0.305 e. The van der Waals surface area contributed by atoms with Gasteiger partial charge in [-0.15, -0.1) is 0 Å². The molecule has 6 heteroatoms. The SMILES string of the molecule is C(CC=C(NO[Si](c1ccccc1)(c1ccccc1)c1ccccc1)c1ccccc1)=C(NO[Si](c1ccccc1)(c1ccccc1)c1ccccc1)c1ccccc1. The van der Waals surface area contributed by atoms with Crippen molar-refractivity contribution in [2.75, 3.05) is 0 Å². The topological polar surface area (TPSA) is 42.5 Å². The second kappa shape index (κ2) is 19.1. The van der Waals surface area contributed by atoms with Gasteiger partial charge in [-0.3, -0.25) is 11.0 Å². The maximum atomic E-state index is 7.25. The molecule has 0 atom stereocenters. The minimum atomic E-state index is -3.06. The molecular weight excluding hydrogens is 753 g/mol. The van der Waals surface area contributed by atoms with Gasteiger partial charge in [-0.25, -0.2) is 0 Å². The first kappa shape index (κ1) is 39.0. The van der Waals surface area contributed by atoms with Crippen LogP contribution in [0.4, 0.5) is 0 Å². The quantitative estimate of drug-likeness (QED) is 0.0595. The van der Waals surface area contributed by atoms with Crippen molar-refractivity contribution in [3.05, 3.63) is 266 Å². The third-order valence-electron chi connectivity index (χ3n) is 10.5. The molecule has 2 N–H and O–H groups in total. The molecule has 0 aromatic heterocycles. The summed E-state index contributed by atoms with van der Waals surface area (Å²) in [7, 11) is -6.12. The lowest BCUT2D eigenvalue weighted by atomic mass is 10.1. The summed E-state index contributed by atoms with van der Waals surface area (Å²) in [6.07, 6.45) is 4.96. The Bertz CT molecular complexity index is 2170. The summed E-state index contributed by atoms with van der Waals surface area (Å²) < 4.78 is 14.5. The van der Waals surface area contributed by atoms with Crippen molar-refractivity contribution >= 4 is 59.1 Å². The molecule has 0 aliphatic rings. The zero-order chi connectivity index (χ0) is 40.0. The van der Waals surface area contributed by atoms with Gasteiger partial charge in [0, 0.05) is 0 Å². The molecule has 0 aliphatic heterocycles. The van der Waals surface area contributed by atoms with Gasteiger partial charge >= 0.3 is 16.6 Å². The molecular formula is C53H46N2O2Si2. The Balaban J connectivity index is 1.18. The first-order valence-corrected chi connectivity index (χ1v) is 23.8. The Hall–Kier alpha value is -6.81. The van der Waals surface area contributed by atoms with Gasteiger partial charge in [0.25, 0.3) is 0 Å². The minimum absolute atomic E-state index is 0.578. The second-order valence-corrected chi connectivity index (χ2v) is 20.8. The van der Waals surface area contributed by atoms with Crippen LogP contribution in [0.25, 0.3) is 11.4 Å². The second-order valence-electron chi connectivity index (χ2n) is 14.2. The van der Waals surface area contributed by atoms with Crippen LogP contribution in [0.15, 0.2) is 255 Å². The van der Waals surface area contributed by atoms with E-state index in [9.17, 15) is 0 Å². The van der Waals surface area contributed by atoms with Crippen LogP contribution in [0, 0.1) is 0 Å². The average Bonchev–Trinajstić information content (AvgIpc) is 3.33. The van der Waals surface area contributed by atoms with Crippen LogP contribution in [0.3, 0.4) is 0 Å². The molecule has 59 heavy (non-hydrogen) atoms. The lowest BCUT2D eigenvalue weighted by molar-refractivity contribution is 0.255. The highest BCUT2D eigenvalue weighted by molar-refractivity contribution is 7.07. The van der Waals surface area contributed by atoms with E-state index >= 15 is 0 Å². The fourth-order valence-corrected chi connectivity index (χ4v) is 14.8. The van der Waals surface area contributed by atoms with Crippen molar-refractivity contribution in [1.82, 2.24) is 11.0 Å². The standard InChI is InChI=1S/C53H46N2O2Si2/c1-9-26-44(27-10-1)52(54-56-58(46-30-13-3-14-31-46,47-32-15-4-16-33-47)48-34-17-5-18-35-48)42-25-43-53(45-28-11-2-12-29-45)55-57-59(49-36-19-6-20-37-49,50-38-21-7-22-39-50)51-40-23-8-24-41-51/h1-24,26-43,54-55H,25H2. The summed E-state index contributed by atoms with van der Waals surface area (Å²) >= 11 is 0. The Labute approximate surface area is 350 Å². The van der Waals surface area contributed by atoms with E-state index in [1.165, 1.54) is 0 Å². The Morgan fingerprint density at radius 3 is 0.729 bits per heavy atom. The number of hydrogen-bond acceptors (Lipinski definition) is 4. The predicted octanol–water partition coefficient (Wildman–Crippen LogP) is 7.84. The number of hydrogen-bond donors (Lipinski definition) is 2. The van der Waals surface area contributed by atoms with Crippen LogP contribution in [-0.4, -0.2) is 16.6 Å². The molecule has 8 aromatic rings. The summed E-state index contributed by atoms with van der Waals surface area (Å²) in [6.45, 7) is 0. The van der Waals surface area contributed by atoms with E-state index in [4.69, 9.17) is 9.05 Å². The first-order valence-electron chi connectivity index (χ1n) is 20.0. The van der Waals surface area contributed by atoms with Crippen LogP contribution in [0.1, 0.15) is 17.5 Å². The van der Waals surface area contributed by atoms with E-state index in [2.05, 4.69) is 254 Å². The Morgan fingerprint density at radius 1 is 0.305 bits per heavy atom. The summed E-state index contributed by atoms with van der Waals surface area (Å²) in [5.74, 6) is 0. The van der Waals surface area contributed by atoms with Gasteiger partial charge in [0.1, 0.15) is 0 Å². The van der Waals surface area contributed by atoms with E-state index in [0.29, 0.717) is 6.42 Å². The van der Waals surface area contributed by atoms with Crippen molar-refractivity contribution in [1.29, 1.82) is 0 Å². The molecule has 0 amide bonds. The van der Waals surface area contributed by atoms with Gasteiger partial charge in [0.2, 0.25) is 0 Å². The molecule has 0 heterocycles. The molecule has 4 nitrogen and oxygen atoms in total. The Morgan fingerprint density at radius 2 is 0.508 bits per heavy atom. The van der Waals surface area contributed by atoms with Gasteiger partial charge in [0.15, 0.2) is 0 Å². The number of nitrogens with one attached hydrogen (secondary N) is 2. The fourth-order valence-electron chi connectivity index (χ4n) is 7.62. The summed E-state index contributed by atoms with van der Waals surface area (Å²) in [6, 6.07) is 84.4. The van der Waals surface area contributed by atoms with Crippen molar-refractivity contribution < 1.29 is 9.05 Å². The molecule has 0 saturated carbocycles. The maximum Gasteiger partial charge on any atom is 0.321 e. The predicted molar refractivity (Wildman–Crippen MR) is 250 cm³/mol. The highest BCUT2D eigenvalue weighted by Crippen LogP contribution is 2.19. The Kier molecular flexibility index (Phi) is 12.6. The van der Waals surface area contributed by atoms with Crippen LogP contribution >= 0.6 is 0 Å². The lowest BCUT2D eigenvalue weighted by Crippen LogP contribution is -2.70. The lowest BCUT2D eigenvalue weighted by Gasteiger charge is -2.33. The number of allylic oxidation sites excluding steroid dienone is 2. The van der Waals surface area contributed by atoms with Crippen molar-refractivity contribution in [3.63, 3.8) is 0 Å². The molecule has 0 unspecified atom stereocenters. The molecule has 0 fully saturated rings. The monoisotopic (exact) mass is 798 g/mol. The zero-order valence-corrected chi connectivity index (χ0v) is 34.8. The molecule has 0 aliphatic carbocycles. The summed E-state index contributed by atoms with van der Waals surface area (Å²) in [5.41, 5.74) is 10.9. The van der Waals surface area contributed by atoms with Crippen LogP contribution < -0.4 is 42.1 Å². The van der Waals surface area contributed by atoms with Gasteiger partial charge in [-0.05, 0) is 48.7 Å². The van der Waals surface area contributed by atoms with Crippen LogP contribution in [-0.2, 0) is 9.05 Å². The number of benzene rings is 8. The zero-order valence-electron chi connectivity index (χ0n) is 32.8. The van der Waals surface area contributed by atoms with E-state index in [-0.39, 0.29) is 0 Å². The molecule has 0 spiro atoms. The number of rotatable bonds is 16. The summed E-state index contributed by atoms with van der Waals surface area (Å²) in [5, 5.41) is 6.88. The fraction of sp³-hybridized carbons (Fsp3) is 0.0189. The minimum Gasteiger partial charge on any atom is -0.305 e. The highest BCUT2D eigenvalue weighted by atomic mass is 28.4. The third kappa shape index (κ3) is 8.72. The first-order chi connectivity index (χ1) is 29.3. The van der Waals surface area contributed by atoms with Crippen LogP contribution in [0.2, 0.25) is 0 Å². The average molecular weight is 799 g/mol. The van der Waals surface area contributed by atoms with E-state index < -0.39 is 16.6 Å². The maximum absolute atomic E-state index is 7.25. The molecule has 8 rings (SSSR count). The normalized spacial score (nSPS) is 12.1. The molecule has 8 aromatic carbocycles. The highest BCUT2D eigenvalue weighted by Gasteiger charge is 2.44. The summed E-state index contributed by atoms with van der Waals surface area (Å²) in [4.78, 5) is 0. The molecule has 0 saturated heterocycles. The number of hydroxylamine groups is 2. The van der Waals surface area contributed by atoms with E-state index in [1.54, 1.807) is 0 Å². The van der Waals surface area contributed by atoms with Gasteiger partial charge in [-0.2, -0.15) is 0 Å². The van der Waals surface area contributed by atoms with Crippen molar-refractivity contribution in [3.8, 4) is 0 Å². The van der Waals surface area contributed by atoms with Crippen molar-refractivity contribution in [2.45, 2.75) is 6.42 Å². The van der Waals surface area contributed by atoms with Crippen molar-refractivity contribution in [2.24, 2.45) is 0 Å². The van der Waals surface area contributed by atoms with Crippen LogP contribution in [0.5, 0.6) is 0 Å². The molecule has 0 radical (unpaired) electrons. The molecule has 288 valence electrons. The van der Waals surface area contributed by atoms with Gasteiger partial charge in [-0.1, -0.05) is 255 Å². The van der Waals surface area contributed by atoms with E-state index in [0.717, 1.165) is 53.6 Å². The molecule has 0 bridgehead atoms. The van der Waals surface area contributed by atoms with Gasteiger partial charge in [0.05, 0.1) is 11.4 Å². The third-order valence-corrected chi connectivity index (χ3v) is 18.2. The van der Waals surface area contributed by atoms with Gasteiger partial charge < -0.3 is 9.05 Å². The largest absolute Gasteiger partial charge is 0.321 e. The van der Waals surface area contributed by atoms with E-state index in [1.807, 2.05) is 12.1 Å².